The predicted octanol–water partition coefficient (Wildman–Crippen LogP) is 2.21. The van der Waals surface area contributed by atoms with Crippen molar-refractivity contribution in [3.05, 3.63) is 39.4 Å². The van der Waals surface area contributed by atoms with E-state index in [1.54, 1.807) is 12.1 Å². The molecule has 6 nitrogen and oxygen atoms in total. The second kappa shape index (κ2) is 6.64. The van der Waals surface area contributed by atoms with E-state index < -0.39 is 0 Å². The maximum absolute atomic E-state index is 12.5. The normalized spacial score (nSPS) is 15.8. The van der Waals surface area contributed by atoms with E-state index in [-0.39, 0.29) is 11.7 Å². The van der Waals surface area contributed by atoms with Crippen LogP contribution in [0.1, 0.15) is 37.7 Å². The number of piperazine rings is 1. The summed E-state index contributed by atoms with van der Waals surface area (Å²) in [6, 6.07) is 5.41. The fourth-order valence-corrected chi connectivity index (χ4v) is 3.49. The molecular formula is C16H19N3O3S. The molecule has 1 saturated heterocycles. The Morgan fingerprint density at radius 2 is 1.91 bits per heavy atom. The molecule has 2 aromatic rings. The van der Waals surface area contributed by atoms with Crippen molar-refractivity contribution >= 4 is 23.0 Å². The molecule has 0 atom stereocenters. The highest BCUT2D eigenvalue weighted by Gasteiger charge is 2.24. The third-order valence-electron chi connectivity index (χ3n) is 3.88. The minimum atomic E-state index is 0.00113. The third kappa shape index (κ3) is 3.68. The standard InChI is InChI=1S/C16H19N3O3S/c1-11-9-13(22-17-11)10-18-5-7-19(8-6-18)16(21)15-4-3-14(23-15)12(2)20/h3-4,9H,5-8,10H2,1-2H3. The molecule has 0 unspecified atom stereocenters. The van der Waals surface area contributed by atoms with Crippen molar-refractivity contribution in [3.63, 3.8) is 0 Å². The van der Waals surface area contributed by atoms with E-state index >= 15 is 0 Å². The predicted molar refractivity (Wildman–Crippen MR) is 86.7 cm³/mol. The van der Waals surface area contributed by atoms with Crippen molar-refractivity contribution in [2.24, 2.45) is 0 Å². The fraction of sp³-hybridized carbons (Fsp3) is 0.438. The minimum absolute atomic E-state index is 0.00113. The molecule has 3 rings (SSSR count). The Balaban J connectivity index is 1.55. The zero-order chi connectivity index (χ0) is 16.4. The Labute approximate surface area is 138 Å². The van der Waals surface area contributed by atoms with E-state index in [4.69, 9.17) is 4.52 Å². The summed E-state index contributed by atoms with van der Waals surface area (Å²) in [4.78, 5) is 29.2. The average Bonchev–Trinajstić information content (AvgIpc) is 3.17. The van der Waals surface area contributed by atoms with Crippen molar-refractivity contribution in [3.8, 4) is 0 Å². The van der Waals surface area contributed by atoms with Crippen molar-refractivity contribution in [1.29, 1.82) is 0 Å². The van der Waals surface area contributed by atoms with Crippen molar-refractivity contribution in [2.45, 2.75) is 20.4 Å². The zero-order valence-electron chi connectivity index (χ0n) is 13.2. The highest BCUT2D eigenvalue weighted by molar-refractivity contribution is 7.15. The number of hydrogen-bond donors (Lipinski definition) is 0. The van der Waals surface area contributed by atoms with Gasteiger partial charge in [-0.2, -0.15) is 0 Å². The van der Waals surface area contributed by atoms with E-state index in [0.717, 1.165) is 31.1 Å². The van der Waals surface area contributed by atoms with Gasteiger partial charge >= 0.3 is 0 Å². The molecule has 3 heterocycles. The first-order valence-corrected chi connectivity index (χ1v) is 8.39. The van der Waals surface area contributed by atoms with Crippen LogP contribution in [0.2, 0.25) is 0 Å². The molecule has 0 saturated carbocycles. The van der Waals surface area contributed by atoms with Gasteiger partial charge in [-0.05, 0) is 26.0 Å². The monoisotopic (exact) mass is 333 g/mol. The van der Waals surface area contributed by atoms with Gasteiger partial charge in [0.2, 0.25) is 0 Å². The lowest BCUT2D eigenvalue weighted by atomic mass is 10.2. The van der Waals surface area contributed by atoms with E-state index in [1.165, 1.54) is 18.3 Å². The molecule has 1 aliphatic heterocycles. The lowest BCUT2D eigenvalue weighted by Gasteiger charge is -2.33. The Morgan fingerprint density at radius 1 is 1.22 bits per heavy atom. The van der Waals surface area contributed by atoms with Crippen LogP contribution >= 0.6 is 11.3 Å². The highest BCUT2D eigenvalue weighted by Crippen LogP contribution is 2.20. The number of carbonyl (C=O) groups is 2. The zero-order valence-corrected chi connectivity index (χ0v) is 14.1. The SMILES string of the molecule is CC(=O)c1ccc(C(=O)N2CCN(Cc3cc(C)no3)CC2)s1. The van der Waals surface area contributed by atoms with Gasteiger partial charge in [-0.15, -0.1) is 11.3 Å². The quantitative estimate of drug-likeness (QED) is 0.803. The van der Waals surface area contributed by atoms with E-state index in [9.17, 15) is 9.59 Å². The minimum Gasteiger partial charge on any atom is -0.360 e. The molecule has 1 fully saturated rings. The fourth-order valence-electron chi connectivity index (χ4n) is 2.62. The number of carbonyl (C=O) groups excluding carboxylic acids is 2. The molecule has 23 heavy (non-hydrogen) atoms. The highest BCUT2D eigenvalue weighted by atomic mass is 32.1. The molecule has 1 amide bonds. The molecule has 7 heteroatoms. The van der Waals surface area contributed by atoms with Crippen LogP contribution < -0.4 is 0 Å². The van der Waals surface area contributed by atoms with Crippen LogP contribution in [0.15, 0.2) is 22.7 Å². The lowest BCUT2D eigenvalue weighted by molar-refractivity contribution is 0.0622. The molecule has 0 N–H and O–H groups in total. The Hall–Kier alpha value is -1.99. The van der Waals surface area contributed by atoms with Gasteiger partial charge in [0.05, 0.1) is 22.0 Å². The third-order valence-corrected chi connectivity index (χ3v) is 5.05. The molecule has 122 valence electrons. The molecule has 0 aromatic carbocycles. The molecule has 0 bridgehead atoms. The van der Waals surface area contributed by atoms with Gasteiger partial charge in [-0.3, -0.25) is 14.5 Å². The molecule has 0 spiro atoms. The first-order chi connectivity index (χ1) is 11.0. The number of rotatable bonds is 4. The number of hydrogen-bond acceptors (Lipinski definition) is 6. The summed E-state index contributed by atoms with van der Waals surface area (Å²) in [5.74, 6) is 0.866. The van der Waals surface area contributed by atoms with Gasteiger partial charge in [0.15, 0.2) is 11.5 Å². The smallest absolute Gasteiger partial charge is 0.264 e. The number of aryl methyl sites for hydroxylation is 1. The van der Waals surface area contributed by atoms with Gasteiger partial charge in [0.25, 0.3) is 5.91 Å². The van der Waals surface area contributed by atoms with Gasteiger partial charge in [-0.1, -0.05) is 5.16 Å². The van der Waals surface area contributed by atoms with Gasteiger partial charge < -0.3 is 9.42 Å². The summed E-state index contributed by atoms with van der Waals surface area (Å²) < 4.78 is 5.23. The maximum Gasteiger partial charge on any atom is 0.264 e. The van der Waals surface area contributed by atoms with Crippen LogP contribution in [-0.2, 0) is 6.54 Å². The van der Waals surface area contributed by atoms with Gasteiger partial charge in [0, 0.05) is 32.2 Å². The summed E-state index contributed by atoms with van der Waals surface area (Å²) >= 11 is 1.27. The van der Waals surface area contributed by atoms with Crippen LogP contribution in [0.3, 0.4) is 0 Å². The Morgan fingerprint density at radius 3 is 2.48 bits per heavy atom. The van der Waals surface area contributed by atoms with Crippen molar-refractivity contribution in [1.82, 2.24) is 15.0 Å². The summed E-state index contributed by atoms with van der Waals surface area (Å²) in [6.45, 7) is 7.10. The van der Waals surface area contributed by atoms with E-state index in [0.29, 0.717) is 22.8 Å². The Kier molecular flexibility index (Phi) is 4.58. The molecular weight excluding hydrogens is 314 g/mol. The number of thiophene rings is 1. The van der Waals surface area contributed by atoms with Crippen LogP contribution in [-0.4, -0.2) is 52.8 Å². The summed E-state index contributed by atoms with van der Waals surface area (Å²) in [5, 5.41) is 3.89. The van der Waals surface area contributed by atoms with Gasteiger partial charge in [-0.25, -0.2) is 0 Å². The molecule has 0 radical (unpaired) electrons. The lowest BCUT2D eigenvalue weighted by Crippen LogP contribution is -2.48. The number of ketones is 1. The second-order valence-corrected chi connectivity index (χ2v) is 6.81. The summed E-state index contributed by atoms with van der Waals surface area (Å²) in [5.41, 5.74) is 0.882. The molecule has 2 aromatic heterocycles. The first kappa shape index (κ1) is 15.9. The Bertz CT molecular complexity index is 714. The van der Waals surface area contributed by atoms with Crippen molar-refractivity contribution in [2.75, 3.05) is 26.2 Å². The number of aromatic nitrogens is 1. The topological polar surface area (TPSA) is 66.7 Å². The average molecular weight is 333 g/mol. The number of amides is 1. The largest absolute Gasteiger partial charge is 0.360 e. The van der Waals surface area contributed by atoms with Crippen molar-refractivity contribution < 1.29 is 14.1 Å². The molecule has 1 aliphatic rings. The number of nitrogens with zero attached hydrogens (tertiary/aromatic N) is 3. The van der Waals surface area contributed by atoms with Crippen LogP contribution in [0.25, 0.3) is 0 Å². The summed E-state index contributed by atoms with van der Waals surface area (Å²) in [6.07, 6.45) is 0. The van der Waals surface area contributed by atoms with E-state index in [2.05, 4.69) is 10.1 Å². The number of Topliss-reactive ketones (excluding diaryl/α,β-unsaturated/α-hetero) is 1. The second-order valence-electron chi connectivity index (χ2n) is 5.72. The molecule has 0 aliphatic carbocycles. The summed E-state index contributed by atoms with van der Waals surface area (Å²) in [7, 11) is 0. The van der Waals surface area contributed by atoms with Crippen LogP contribution in [0.5, 0.6) is 0 Å². The van der Waals surface area contributed by atoms with Crippen LogP contribution in [0.4, 0.5) is 0 Å². The van der Waals surface area contributed by atoms with Crippen LogP contribution in [0, 0.1) is 6.92 Å². The first-order valence-electron chi connectivity index (χ1n) is 7.57. The van der Waals surface area contributed by atoms with Gasteiger partial charge in [0.1, 0.15) is 0 Å². The maximum atomic E-state index is 12.5. The van der Waals surface area contributed by atoms with E-state index in [1.807, 2.05) is 17.9 Å².